The molecule has 1 unspecified atom stereocenters. The highest BCUT2D eigenvalue weighted by Gasteiger charge is 2.22. The first kappa shape index (κ1) is 22.5. The fourth-order valence-corrected chi connectivity index (χ4v) is 3.51. The van der Waals surface area contributed by atoms with Crippen molar-refractivity contribution in [3.8, 4) is 5.75 Å². The summed E-state index contributed by atoms with van der Waals surface area (Å²) in [4.78, 5) is 12.9. The van der Waals surface area contributed by atoms with Crippen molar-refractivity contribution in [3.05, 3.63) is 102 Å². The zero-order chi connectivity index (χ0) is 22.1. The molecule has 0 fully saturated rings. The fourth-order valence-electron chi connectivity index (χ4n) is 3.05. The van der Waals surface area contributed by atoms with Crippen LogP contribution in [-0.2, 0) is 32.8 Å². The number of benzene rings is 3. The predicted molar refractivity (Wildman–Crippen MR) is 119 cm³/mol. The highest BCUT2D eigenvalue weighted by molar-refractivity contribution is 7.86. The van der Waals surface area contributed by atoms with Crippen LogP contribution in [0.15, 0.2) is 84.9 Å². The first-order valence-electron chi connectivity index (χ1n) is 9.85. The van der Waals surface area contributed by atoms with E-state index in [-0.39, 0.29) is 18.3 Å². The fraction of sp³-hybridized carbons (Fsp3) is 0.208. The standard InChI is InChI=1S/C24H25NO5S/c1-31(27,28)30-22-14-12-21(13-15-22)23(17-25-16-19-8-4-2-5-9-19)24(26)29-18-20-10-6-3-7-11-20/h2-15,23,25H,16-18H2,1H3. The van der Waals surface area contributed by atoms with Crippen LogP contribution in [0.2, 0.25) is 0 Å². The molecule has 3 aromatic rings. The number of hydrogen-bond acceptors (Lipinski definition) is 6. The molecule has 0 aliphatic heterocycles. The number of ether oxygens (including phenoxy) is 1. The molecular weight excluding hydrogens is 414 g/mol. The van der Waals surface area contributed by atoms with E-state index in [9.17, 15) is 13.2 Å². The maximum atomic E-state index is 12.9. The summed E-state index contributed by atoms with van der Waals surface area (Å²) in [6.45, 7) is 1.16. The Labute approximate surface area is 183 Å². The van der Waals surface area contributed by atoms with Gasteiger partial charge in [-0.2, -0.15) is 8.42 Å². The Kier molecular flexibility index (Phi) is 7.81. The molecule has 6 nitrogen and oxygen atoms in total. The van der Waals surface area contributed by atoms with Gasteiger partial charge in [-0.25, -0.2) is 0 Å². The Morgan fingerprint density at radius 2 is 1.45 bits per heavy atom. The topological polar surface area (TPSA) is 81.7 Å². The quantitative estimate of drug-likeness (QED) is 0.384. The van der Waals surface area contributed by atoms with Gasteiger partial charge in [-0.1, -0.05) is 72.8 Å². The number of nitrogens with one attached hydrogen (secondary N) is 1. The van der Waals surface area contributed by atoms with Crippen LogP contribution in [0.4, 0.5) is 0 Å². The van der Waals surface area contributed by atoms with Gasteiger partial charge in [0.1, 0.15) is 12.4 Å². The summed E-state index contributed by atoms with van der Waals surface area (Å²) in [5.41, 5.74) is 2.72. The lowest BCUT2D eigenvalue weighted by Crippen LogP contribution is -2.28. The lowest BCUT2D eigenvalue weighted by Gasteiger charge is -2.18. The van der Waals surface area contributed by atoms with Gasteiger partial charge in [0.05, 0.1) is 12.2 Å². The maximum absolute atomic E-state index is 12.9. The molecule has 0 saturated heterocycles. The molecule has 0 aliphatic carbocycles. The van der Waals surface area contributed by atoms with Crippen LogP contribution in [0.3, 0.4) is 0 Å². The molecule has 31 heavy (non-hydrogen) atoms. The van der Waals surface area contributed by atoms with Crippen LogP contribution in [0, 0.1) is 0 Å². The predicted octanol–water partition coefficient (Wildman–Crippen LogP) is 3.64. The van der Waals surface area contributed by atoms with E-state index in [1.54, 1.807) is 12.1 Å². The molecule has 0 aromatic heterocycles. The second kappa shape index (κ2) is 10.7. The van der Waals surface area contributed by atoms with Gasteiger partial charge in [0, 0.05) is 13.1 Å². The monoisotopic (exact) mass is 439 g/mol. The molecule has 0 saturated carbocycles. The Bertz CT molecular complexity index is 1070. The van der Waals surface area contributed by atoms with Crippen molar-refractivity contribution >= 4 is 16.1 Å². The first-order chi connectivity index (χ1) is 14.9. The van der Waals surface area contributed by atoms with E-state index >= 15 is 0 Å². The molecule has 7 heteroatoms. The lowest BCUT2D eigenvalue weighted by atomic mass is 9.99. The van der Waals surface area contributed by atoms with Crippen molar-refractivity contribution < 1.29 is 22.1 Å². The molecule has 162 valence electrons. The Hall–Kier alpha value is -3.16. The van der Waals surface area contributed by atoms with Crippen molar-refractivity contribution in [2.24, 2.45) is 0 Å². The third-order valence-corrected chi connectivity index (χ3v) is 5.05. The maximum Gasteiger partial charge on any atom is 0.315 e. The Morgan fingerprint density at radius 3 is 2.03 bits per heavy atom. The zero-order valence-electron chi connectivity index (χ0n) is 17.2. The van der Waals surface area contributed by atoms with E-state index in [2.05, 4.69) is 5.32 Å². The molecule has 1 atom stereocenters. The SMILES string of the molecule is CS(=O)(=O)Oc1ccc(C(CNCc2ccccc2)C(=O)OCc2ccccc2)cc1. The van der Waals surface area contributed by atoms with E-state index in [1.807, 2.05) is 60.7 Å². The van der Waals surface area contributed by atoms with E-state index in [0.717, 1.165) is 17.4 Å². The molecule has 1 N–H and O–H groups in total. The largest absolute Gasteiger partial charge is 0.460 e. The van der Waals surface area contributed by atoms with Gasteiger partial charge in [-0.05, 0) is 28.8 Å². The molecule has 0 bridgehead atoms. The van der Waals surface area contributed by atoms with Gasteiger partial charge in [0.15, 0.2) is 0 Å². The van der Waals surface area contributed by atoms with Gasteiger partial charge in [0.2, 0.25) is 0 Å². The summed E-state index contributed by atoms with van der Waals surface area (Å²) >= 11 is 0. The van der Waals surface area contributed by atoms with Gasteiger partial charge in [-0.15, -0.1) is 0 Å². The molecule has 0 radical (unpaired) electrons. The van der Waals surface area contributed by atoms with E-state index in [1.165, 1.54) is 12.1 Å². The highest BCUT2D eigenvalue weighted by atomic mass is 32.2. The van der Waals surface area contributed by atoms with Gasteiger partial charge in [0.25, 0.3) is 0 Å². The van der Waals surface area contributed by atoms with Gasteiger partial charge < -0.3 is 14.2 Å². The van der Waals surface area contributed by atoms with Gasteiger partial charge in [-0.3, -0.25) is 4.79 Å². The lowest BCUT2D eigenvalue weighted by molar-refractivity contribution is -0.146. The van der Waals surface area contributed by atoms with Crippen molar-refractivity contribution in [1.29, 1.82) is 0 Å². The summed E-state index contributed by atoms with van der Waals surface area (Å²) in [7, 11) is -3.61. The average molecular weight is 440 g/mol. The van der Waals surface area contributed by atoms with E-state index in [0.29, 0.717) is 18.7 Å². The number of carbonyl (C=O) groups excluding carboxylic acids is 1. The molecule has 0 heterocycles. The summed E-state index contributed by atoms with van der Waals surface area (Å²) in [6, 6.07) is 25.8. The van der Waals surface area contributed by atoms with Crippen LogP contribution >= 0.6 is 0 Å². The smallest absolute Gasteiger partial charge is 0.315 e. The molecule has 0 spiro atoms. The number of carbonyl (C=O) groups is 1. The summed E-state index contributed by atoms with van der Waals surface area (Å²) < 4.78 is 33.1. The minimum Gasteiger partial charge on any atom is -0.460 e. The second-order valence-corrected chi connectivity index (χ2v) is 8.69. The molecular formula is C24H25NO5S. The van der Waals surface area contributed by atoms with Crippen molar-refractivity contribution in [2.75, 3.05) is 12.8 Å². The van der Waals surface area contributed by atoms with Crippen LogP contribution in [0.25, 0.3) is 0 Å². The third-order valence-electron chi connectivity index (χ3n) is 4.56. The van der Waals surface area contributed by atoms with E-state index in [4.69, 9.17) is 8.92 Å². The molecule has 3 rings (SSSR count). The highest BCUT2D eigenvalue weighted by Crippen LogP contribution is 2.22. The summed E-state index contributed by atoms with van der Waals surface area (Å²) in [5, 5.41) is 3.30. The average Bonchev–Trinajstić information content (AvgIpc) is 2.76. The van der Waals surface area contributed by atoms with E-state index < -0.39 is 16.0 Å². The normalized spacial score (nSPS) is 12.2. The van der Waals surface area contributed by atoms with Crippen molar-refractivity contribution in [3.63, 3.8) is 0 Å². The zero-order valence-corrected chi connectivity index (χ0v) is 18.0. The number of rotatable bonds is 10. The Morgan fingerprint density at radius 1 is 0.871 bits per heavy atom. The van der Waals surface area contributed by atoms with Crippen LogP contribution < -0.4 is 9.50 Å². The van der Waals surface area contributed by atoms with Crippen LogP contribution in [-0.4, -0.2) is 27.2 Å². The Balaban J connectivity index is 1.70. The number of hydrogen-bond donors (Lipinski definition) is 1. The first-order valence-corrected chi connectivity index (χ1v) is 11.7. The van der Waals surface area contributed by atoms with Crippen LogP contribution in [0.1, 0.15) is 22.6 Å². The van der Waals surface area contributed by atoms with Gasteiger partial charge >= 0.3 is 16.1 Å². The summed E-state index contributed by atoms with van der Waals surface area (Å²) in [6.07, 6.45) is 0.984. The second-order valence-electron chi connectivity index (χ2n) is 7.12. The number of esters is 1. The van der Waals surface area contributed by atoms with Crippen molar-refractivity contribution in [2.45, 2.75) is 19.1 Å². The summed E-state index contributed by atoms with van der Waals surface area (Å²) in [5.74, 6) is -0.721. The van der Waals surface area contributed by atoms with Crippen molar-refractivity contribution in [1.82, 2.24) is 5.32 Å². The molecule has 0 aliphatic rings. The minimum atomic E-state index is -3.61. The minimum absolute atomic E-state index is 0.185. The van der Waals surface area contributed by atoms with Crippen LogP contribution in [0.5, 0.6) is 5.75 Å². The molecule has 3 aromatic carbocycles. The molecule has 0 amide bonds. The third kappa shape index (κ3) is 7.55.